The van der Waals surface area contributed by atoms with Crippen molar-refractivity contribution in [1.82, 2.24) is 10.2 Å². The summed E-state index contributed by atoms with van der Waals surface area (Å²) >= 11 is 1.75. The second kappa shape index (κ2) is 7.19. The highest BCUT2D eigenvalue weighted by molar-refractivity contribution is 7.91. The summed E-state index contributed by atoms with van der Waals surface area (Å²) in [6, 6.07) is 4.13. The first-order valence-electron chi connectivity index (χ1n) is 8.34. The summed E-state index contributed by atoms with van der Waals surface area (Å²) in [6.45, 7) is 5.15. The van der Waals surface area contributed by atoms with Crippen LogP contribution < -0.4 is 5.32 Å². The van der Waals surface area contributed by atoms with Crippen molar-refractivity contribution in [3.05, 3.63) is 22.4 Å². The Bertz CT molecular complexity index is 595. The zero-order chi connectivity index (χ0) is 16.4. The zero-order valence-electron chi connectivity index (χ0n) is 13.5. The van der Waals surface area contributed by atoms with Crippen LogP contribution in [0, 0.1) is 5.92 Å². The molecule has 3 atom stereocenters. The average Bonchev–Trinajstić information content (AvgIpc) is 3.09. The Morgan fingerprint density at radius 3 is 2.70 bits per heavy atom. The monoisotopic (exact) mass is 358 g/mol. The molecular formula is C16H26N2O3S2. The van der Waals surface area contributed by atoms with Gasteiger partial charge in [-0.1, -0.05) is 13.0 Å². The number of rotatable bonds is 5. The second-order valence-corrected chi connectivity index (χ2v) is 10.0. The van der Waals surface area contributed by atoms with E-state index in [1.807, 2.05) is 0 Å². The molecule has 0 saturated carbocycles. The van der Waals surface area contributed by atoms with Crippen molar-refractivity contribution in [1.29, 1.82) is 0 Å². The van der Waals surface area contributed by atoms with Crippen molar-refractivity contribution in [2.24, 2.45) is 5.92 Å². The molecule has 0 amide bonds. The topological polar surface area (TPSA) is 69.6 Å². The fraction of sp³-hybridized carbons (Fsp3) is 0.750. The number of nitrogens with one attached hydrogen (secondary N) is 1. The Balaban J connectivity index is 1.65. The summed E-state index contributed by atoms with van der Waals surface area (Å²) in [6.07, 6.45) is 1.63. The lowest BCUT2D eigenvalue weighted by atomic mass is 9.97. The Labute approximate surface area is 142 Å². The molecule has 0 aliphatic carbocycles. The number of hydrogen-bond donors (Lipinski definition) is 2. The summed E-state index contributed by atoms with van der Waals surface area (Å²) in [5.74, 6) is 0.711. The Hall–Kier alpha value is -0.470. The van der Waals surface area contributed by atoms with Gasteiger partial charge < -0.3 is 10.4 Å². The van der Waals surface area contributed by atoms with Crippen LogP contribution in [-0.4, -0.2) is 61.7 Å². The van der Waals surface area contributed by atoms with E-state index >= 15 is 0 Å². The molecule has 2 aliphatic rings. The van der Waals surface area contributed by atoms with Crippen LogP contribution in [0.3, 0.4) is 0 Å². The molecule has 23 heavy (non-hydrogen) atoms. The minimum Gasteiger partial charge on any atom is -0.390 e. The smallest absolute Gasteiger partial charge is 0.154 e. The molecule has 2 aliphatic heterocycles. The van der Waals surface area contributed by atoms with Crippen molar-refractivity contribution in [2.75, 3.05) is 31.1 Å². The van der Waals surface area contributed by atoms with Crippen LogP contribution in [0.15, 0.2) is 17.5 Å². The minimum absolute atomic E-state index is 0.0440. The van der Waals surface area contributed by atoms with E-state index < -0.39 is 15.9 Å². The van der Waals surface area contributed by atoms with Gasteiger partial charge in [0.25, 0.3) is 0 Å². The molecule has 7 heteroatoms. The molecule has 0 spiro atoms. The maximum Gasteiger partial charge on any atom is 0.154 e. The van der Waals surface area contributed by atoms with Crippen LogP contribution >= 0.6 is 11.3 Å². The molecule has 2 saturated heterocycles. The molecule has 5 nitrogen and oxygen atoms in total. The number of nitrogens with zero attached hydrogens (tertiary/aromatic N) is 1. The van der Waals surface area contributed by atoms with Crippen LogP contribution in [0.2, 0.25) is 0 Å². The van der Waals surface area contributed by atoms with Gasteiger partial charge in [0.05, 0.1) is 23.7 Å². The first kappa shape index (κ1) is 17.4. The van der Waals surface area contributed by atoms with Crippen molar-refractivity contribution < 1.29 is 13.5 Å². The number of hydrogen-bond acceptors (Lipinski definition) is 6. The van der Waals surface area contributed by atoms with Crippen molar-refractivity contribution >= 4 is 21.2 Å². The zero-order valence-corrected chi connectivity index (χ0v) is 15.2. The van der Waals surface area contributed by atoms with Crippen molar-refractivity contribution in [3.8, 4) is 0 Å². The quantitative estimate of drug-likeness (QED) is 0.830. The van der Waals surface area contributed by atoms with Gasteiger partial charge >= 0.3 is 0 Å². The van der Waals surface area contributed by atoms with Gasteiger partial charge in [-0.15, -0.1) is 11.3 Å². The van der Waals surface area contributed by atoms with Crippen LogP contribution in [0.25, 0.3) is 0 Å². The predicted octanol–water partition coefficient (Wildman–Crippen LogP) is 1.27. The van der Waals surface area contributed by atoms with Gasteiger partial charge in [0.1, 0.15) is 0 Å². The Kier molecular flexibility index (Phi) is 5.42. The summed E-state index contributed by atoms with van der Waals surface area (Å²) in [5.41, 5.74) is 0. The largest absolute Gasteiger partial charge is 0.390 e. The Morgan fingerprint density at radius 2 is 2.13 bits per heavy atom. The third-order valence-electron chi connectivity index (χ3n) is 5.03. The molecule has 2 fully saturated rings. The van der Waals surface area contributed by atoms with Crippen molar-refractivity contribution in [3.63, 3.8) is 0 Å². The number of thiophene rings is 1. The average molecular weight is 359 g/mol. The highest BCUT2D eigenvalue weighted by Gasteiger charge is 2.37. The highest BCUT2D eigenvalue weighted by Crippen LogP contribution is 2.29. The van der Waals surface area contributed by atoms with Crippen LogP contribution in [0.5, 0.6) is 0 Å². The summed E-state index contributed by atoms with van der Waals surface area (Å²) < 4.78 is 23.3. The van der Waals surface area contributed by atoms with E-state index in [1.54, 1.807) is 11.3 Å². The summed E-state index contributed by atoms with van der Waals surface area (Å²) in [7, 11) is -3.10. The van der Waals surface area contributed by atoms with Crippen molar-refractivity contribution in [2.45, 2.75) is 38.0 Å². The van der Waals surface area contributed by atoms with Gasteiger partial charge in [0.15, 0.2) is 9.84 Å². The molecule has 2 N–H and O–H groups in total. The van der Waals surface area contributed by atoms with Gasteiger partial charge in [-0.05, 0) is 43.3 Å². The predicted molar refractivity (Wildman–Crippen MR) is 93.5 cm³/mol. The van der Waals surface area contributed by atoms with E-state index in [2.05, 4.69) is 34.7 Å². The minimum atomic E-state index is -3.10. The normalized spacial score (nSPS) is 30.5. The van der Waals surface area contributed by atoms with Gasteiger partial charge in [-0.25, -0.2) is 8.42 Å². The fourth-order valence-corrected chi connectivity index (χ4v) is 6.15. The van der Waals surface area contributed by atoms with Gasteiger partial charge in [0, 0.05) is 17.5 Å². The third-order valence-corrected chi connectivity index (χ3v) is 7.72. The molecule has 3 heterocycles. The maximum absolute atomic E-state index is 11.7. The van der Waals surface area contributed by atoms with Crippen LogP contribution in [0.1, 0.15) is 30.7 Å². The number of aliphatic hydroxyl groups is 1. The van der Waals surface area contributed by atoms with Crippen LogP contribution in [-0.2, 0) is 9.84 Å². The molecule has 0 aromatic carbocycles. The van der Waals surface area contributed by atoms with E-state index in [4.69, 9.17) is 0 Å². The van der Waals surface area contributed by atoms with E-state index in [9.17, 15) is 13.5 Å². The van der Waals surface area contributed by atoms with E-state index in [0.717, 1.165) is 19.0 Å². The molecule has 3 rings (SSSR count). The lowest BCUT2D eigenvalue weighted by Gasteiger charge is -2.37. The van der Waals surface area contributed by atoms with Gasteiger partial charge in [-0.3, -0.25) is 4.90 Å². The summed E-state index contributed by atoms with van der Waals surface area (Å²) in [5, 5.41) is 15.4. The molecule has 0 bridgehead atoms. The van der Waals surface area contributed by atoms with E-state index in [1.165, 1.54) is 17.7 Å². The first-order valence-corrected chi connectivity index (χ1v) is 11.0. The molecule has 0 unspecified atom stereocenters. The lowest BCUT2D eigenvalue weighted by molar-refractivity contribution is 0.123. The summed E-state index contributed by atoms with van der Waals surface area (Å²) in [4.78, 5) is 3.80. The van der Waals surface area contributed by atoms with E-state index in [-0.39, 0.29) is 23.6 Å². The molecule has 1 aromatic rings. The molecule has 0 radical (unpaired) electrons. The van der Waals surface area contributed by atoms with Crippen LogP contribution in [0.4, 0.5) is 0 Å². The van der Waals surface area contributed by atoms with E-state index in [0.29, 0.717) is 6.54 Å². The third kappa shape index (κ3) is 4.33. The fourth-order valence-electron chi connectivity index (χ4n) is 3.52. The second-order valence-electron chi connectivity index (χ2n) is 6.91. The SMILES string of the molecule is CC1CCN([C@H](CN[C@H]2CS(=O)(=O)C[C@H]2O)c2cccs2)CC1. The highest BCUT2D eigenvalue weighted by atomic mass is 32.2. The number of likely N-dealkylation sites (tertiary alicyclic amines) is 1. The maximum atomic E-state index is 11.7. The van der Waals surface area contributed by atoms with Gasteiger partial charge in [0.2, 0.25) is 0 Å². The number of piperidine rings is 1. The lowest BCUT2D eigenvalue weighted by Crippen LogP contribution is -2.45. The Morgan fingerprint density at radius 1 is 1.39 bits per heavy atom. The van der Waals surface area contributed by atoms with Gasteiger partial charge in [-0.2, -0.15) is 0 Å². The molecular weight excluding hydrogens is 332 g/mol. The molecule has 130 valence electrons. The number of sulfone groups is 1. The first-order chi connectivity index (χ1) is 10.9. The molecule has 1 aromatic heterocycles. The number of aliphatic hydroxyl groups excluding tert-OH is 1. The standard InChI is InChI=1S/C16H26N2O3S2/c1-12-4-6-18(7-5-12)14(16-3-2-8-22-16)9-17-13-10-23(20,21)11-15(13)19/h2-3,8,12-15,17,19H,4-7,9-11H2,1H3/t13-,14+,15+/m0/s1.